The van der Waals surface area contributed by atoms with Crippen LogP contribution in [0.15, 0.2) is 144 Å². The smallest absolute Gasteiger partial charge is 0.0637 e. The highest BCUT2D eigenvalue weighted by Gasteiger charge is 2.32. The summed E-state index contributed by atoms with van der Waals surface area (Å²) >= 11 is 0. The quantitative estimate of drug-likeness (QED) is 0.263. The zero-order valence-electron chi connectivity index (χ0n) is 25.0. The Morgan fingerprint density at radius 1 is 0.925 bits per heavy atom. The molecule has 40 heavy (non-hydrogen) atoms. The lowest BCUT2D eigenvalue weighted by Crippen LogP contribution is -2.36. The average molecular weight is 528 g/mol. The molecule has 206 valence electrons. The van der Waals surface area contributed by atoms with Gasteiger partial charge in [-0.05, 0) is 90.1 Å². The first kappa shape index (κ1) is 29.2. The number of rotatable bonds is 11. The molecule has 1 nitrogen and oxygen atoms in total. The molecule has 0 N–H and O–H groups in total. The van der Waals surface area contributed by atoms with Gasteiger partial charge in [0.15, 0.2) is 0 Å². The van der Waals surface area contributed by atoms with Crippen LogP contribution < -0.4 is 4.90 Å². The van der Waals surface area contributed by atoms with E-state index in [2.05, 4.69) is 161 Å². The summed E-state index contributed by atoms with van der Waals surface area (Å²) < 4.78 is 0. The van der Waals surface area contributed by atoms with E-state index in [0.717, 1.165) is 31.3 Å². The SMILES string of the molecule is C=C(/C=C\CC)CC(/C(C1=CC=CC1)=C(/C=C\C)C(C)(C)C)N(c1ccccc1)c1cccc(C2=CC=CC2)c1. The zero-order chi connectivity index (χ0) is 28.5. The molecule has 0 spiro atoms. The summed E-state index contributed by atoms with van der Waals surface area (Å²) in [5.74, 6) is 0. The van der Waals surface area contributed by atoms with Gasteiger partial charge >= 0.3 is 0 Å². The first-order valence-corrected chi connectivity index (χ1v) is 14.7. The molecule has 1 heteroatoms. The molecule has 1 unspecified atom stereocenters. The highest BCUT2D eigenvalue weighted by atomic mass is 15.2. The molecule has 0 radical (unpaired) electrons. The van der Waals surface area contributed by atoms with Crippen LogP contribution in [0.4, 0.5) is 11.4 Å². The van der Waals surface area contributed by atoms with Crippen LogP contribution in [0.1, 0.15) is 65.9 Å². The molecule has 2 aliphatic carbocycles. The second-order valence-electron chi connectivity index (χ2n) is 11.7. The van der Waals surface area contributed by atoms with Crippen molar-refractivity contribution >= 4 is 16.9 Å². The third-order valence-corrected chi connectivity index (χ3v) is 7.54. The van der Waals surface area contributed by atoms with Gasteiger partial charge in [-0.1, -0.05) is 131 Å². The predicted octanol–water partition coefficient (Wildman–Crippen LogP) is 11.3. The van der Waals surface area contributed by atoms with Gasteiger partial charge in [-0.15, -0.1) is 0 Å². The van der Waals surface area contributed by atoms with E-state index < -0.39 is 0 Å². The van der Waals surface area contributed by atoms with Crippen LogP contribution in [0.25, 0.3) is 5.57 Å². The molecule has 0 aliphatic heterocycles. The van der Waals surface area contributed by atoms with E-state index in [1.807, 2.05) is 0 Å². The molecule has 2 aliphatic rings. The van der Waals surface area contributed by atoms with E-state index in [-0.39, 0.29) is 11.5 Å². The maximum Gasteiger partial charge on any atom is 0.0637 e. The summed E-state index contributed by atoms with van der Waals surface area (Å²) in [5, 5.41) is 0. The van der Waals surface area contributed by atoms with Gasteiger partial charge in [0.2, 0.25) is 0 Å². The van der Waals surface area contributed by atoms with Gasteiger partial charge in [0.25, 0.3) is 0 Å². The molecule has 0 fully saturated rings. The van der Waals surface area contributed by atoms with E-state index in [4.69, 9.17) is 0 Å². The minimum Gasteiger partial charge on any atom is -0.334 e. The average Bonchev–Trinajstić information content (AvgIpc) is 3.67. The number of hydrogen-bond donors (Lipinski definition) is 0. The molecule has 0 saturated heterocycles. The molecule has 0 bridgehead atoms. The first-order valence-electron chi connectivity index (χ1n) is 14.7. The Labute approximate surface area is 243 Å². The van der Waals surface area contributed by atoms with Crippen molar-refractivity contribution in [2.45, 2.75) is 66.3 Å². The van der Waals surface area contributed by atoms with Crippen LogP contribution in [0.3, 0.4) is 0 Å². The molecule has 1 atom stereocenters. The van der Waals surface area contributed by atoms with Crippen molar-refractivity contribution in [3.05, 3.63) is 150 Å². The summed E-state index contributed by atoms with van der Waals surface area (Å²) in [6.45, 7) is 15.9. The van der Waals surface area contributed by atoms with Gasteiger partial charge in [0.1, 0.15) is 0 Å². The summed E-state index contributed by atoms with van der Waals surface area (Å²) in [7, 11) is 0. The molecule has 2 aromatic carbocycles. The van der Waals surface area contributed by atoms with Crippen molar-refractivity contribution in [1.29, 1.82) is 0 Å². The topological polar surface area (TPSA) is 3.24 Å². The maximum absolute atomic E-state index is 4.55. The maximum atomic E-state index is 4.55. The van der Waals surface area contributed by atoms with Gasteiger partial charge in [0, 0.05) is 11.4 Å². The fourth-order valence-corrected chi connectivity index (χ4v) is 5.66. The standard InChI is InChI=1S/C39H45N/c1-7-9-19-30(3)28-37(38(32-22-15-16-23-32)36(18-8-2)39(4,5)6)40(34-25-11-10-12-26-34)35-27-17-24-33(29-35)31-20-13-14-21-31/h8-20,22,24-27,29,37H,3,7,21,23,28H2,1-2,4-6H3/b18-8-,19-9-,38-36-. The number of allylic oxidation sites excluding steroid dienone is 12. The second-order valence-corrected chi connectivity index (χ2v) is 11.7. The first-order chi connectivity index (χ1) is 19.3. The monoisotopic (exact) mass is 527 g/mol. The van der Waals surface area contributed by atoms with Crippen LogP contribution in [0, 0.1) is 5.41 Å². The summed E-state index contributed by atoms with van der Waals surface area (Å²) in [6, 6.07) is 20.0. The fraction of sp³-hybridized carbons (Fsp3) is 0.282. The Bertz CT molecular complexity index is 1400. The number of anilines is 2. The highest BCUT2D eigenvalue weighted by Crippen LogP contribution is 2.43. The number of hydrogen-bond acceptors (Lipinski definition) is 1. The van der Waals surface area contributed by atoms with Crippen LogP contribution in [0.5, 0.6) is 0 Å². The second kappa shape index (κ2) is 13.5. The molecule has 0 amide bonds. The molecular weight excluding hydrogens is 482 g/mol. The molecular formula is C39H45N. The van der Waals surface area contributed by atoms with Crippen molar-refractivity contribution in [2.24, 2.45) is 5.41 Å². The number of para-hydroxylation sites is 1. The number of benzene rings is 2. The zero-order valence-corrected chi connectivity index (χ0v) is 25.0. The lowest BCUT2D eigenvalue weighted by Gasteiger charge is -2.39. The molecule has 2 aromatic rings. The third kappa shape index (κ3) is 7.02. The van der Waals surface area contributed by atoms with Crippen LogP contribution in [-0.2, 0) is 0 Å². The molecule has 0 saturated carbocycles. The Morgan fingerprint density at radius 3 is 2.27 bits per heavy atom. The van der Waals surface area contributed by atoms with Crippen LogP contribution >= 0.6 is 0 Å². The minimum atomic E-state index is -0.0331. The van der Waals surface area contributed by atoms with Gasteiger partial charge in [0.05, 0.1) is 6.04 Å². The van der Waals surface area contributed by atoms with E-state index in [1.165, 1.54) is 39.2 Å². The van der Waals surface area contributed by atoms with Crippen molar-refractivity contribution in [3.8, 4) is 0 Å². The summed E-state index contributed by atoms with van der Waals surface area (Å²) in [6.07, 6.45) is 26.2. The molecule has 0 aromatic heterocycles. The normalized spacial score (nSPS) is 16.4. The van der Waals surface area contributed by atoms with Gasteiger partial charge in [-0.3, -0.25) is 0 Å². The lowest BCUT2D eigenvalue weighted by molar-refractivity contribution is 0.505. The van der Waals surface area contributed by atoms with E-state index in [1.54, 1.807) is 0 Å². The lowest BCUT2D eigenvalue weighted by atomic mass is 9.76. The van der Waals surface area contributed by atoms with Gasteiger partial charge in [-0.2, -0.15) is 0 Å². The summed E-state index contributed by atoms with van der Waals surface area (Å²) in [5.41, 5.74) is 10.3. The Hall–Kier alpha value is -3.84. The van der Waals surface area contributed by atoms with E-state index in [9.17, 15) is 0 Å². The van der Waals surface area contributed by atoms with Crippen molar-refractivity contribution < 1.29 is 0 Å². The Morgan fingerprint density at radius 2 is 1.65 bits per heavy atom. The Kier molecular flexibility index (Phi) is 9.83. The Balaban J connectivity index is 2.00. The van der Waals surface area contributed by atoms with Gasteiger partial charge in [-0.25, -0.2) is 0 Å². The minimum absolute atomic E-state index is 0.0331. The molecule has 4 rings (SSSR count). The highest BCUT2D eigenvalue weighted by molar-refractivity contribution is 5.76. The van der Waals surface area contributed by atoms with Crippen LogP contribution in [0.2, 0.25) is 0 Å². The van der Waals surface area contributed by atoms with Crippen LogP contribution in [-0.4, -0.2) is 6.04 Å². The molecule has 0 heterocycles. The largest absolute Gasteiger partial charge is 0.334 e. The third-order valence-electron chi connectivity index (χ3n) is 7.54. The fourth-order valence-electron chi connectivity index (χ4n) is 5.66. The summed E-state index contributed by atoms with van der Waals surface area (Å²) in [4.78, 5) is 2.56. The van der Waals surface area contributed by atoms with E-state index in [0.29, 0.717) is 0 Å². The predicted molar refractivity (Wildman–Crippen MR) is 177 cm³/mol. The van der Waals surface area contributed by atoms with Crippen molar-refractivity contribution in [1.82, 2.24) is 0 Å². The number of nitrogens with zero attached hydrogens (tertiary/aromatic N) is 1. The van der Waals surface area contributed by atoms with Crippen molar-refractivity contribution in [2.75, 3.05) is 4.90 Å². The van der Waals surface area contributed by atoms with Crippen molar-refractivity contribution in [3.63, 3.8) is 0 Å². The van der Waals surface area contributed by atoms with Gasteiger partial charge < -0.3 is 4.90 Å². The van der Waals surface area contributed by atoms with E-state index >= 15 is 0 Å².